The van der Waals surface area contributed by atoms with Gasteiger partial charge in [0.1, 0.15) is 0 Å². The quantitative estimate of drug-likeness (QED) is 0.623. The Morgan fingerprint density at radius 2 is 1.50 bits per heavy atom. The molecule has 0 amide bonds. The zero-order chi connectivity index (χ0) is 18.0. The van der Waals surface area contributed by atoms with Gasteiger partial charge < -0.3 is 0 Å². The van der Waals surface area contributed by atoms with Crippen LogP contribution < -0.4 is 0 Å². The SMILES string of the molecule is Cc1ccc(S(=O)(=O)N(C)/N=C/c2ccc(C(C)(C)C)cc2)cc1. The summed E-state index contributed by atoms with van der Waals surface area (Å²) in [6, 6.07) is 14.7. The molecule has 0 aliphatic carbocycles. The highest BCUT2D eigenvalue weighted by Crippen LogP contribution is 2.22. The van der Waals surface area contributed by atoms with Crippen LogP contribution >= 0.6 is 0 Å². The molecule has 128 valence electrons. The van der Waals surface area contributed by atoms with Gasteiger partial charge in [0.2, 0.25) is 0 Å². The second-order valence-corrected chi connectivity index (χ2v) is 8.82. The Morgan fingerprint density at radius 3 is 2.00 bits per heavy atom. The van der Waals surface area contributed by atoms with Gasteiger partial charge in [-0.1, -0.05) is 62.7 Å². The van der Waals surface area contributed by atoms with Crippen LogP contribution in [0.2, 0.25) is 0 Å². The molecule has 0 bridgehead atoms. The first kappa shape index (κ1) is 18.2. The van der Waals surface area contributed by atoms with Crippen molar-refractivity contribution in [3.05, 3.63) is 65.2 Å². The van der Waals surface area contributed by atoms with Crippen molar-refractivity contribution in [1.82, 2.24) is 4.41 Å². The molecule has 0 saturated heterocycles. The van der Waals surface area contributed by atoms with Crippen molar-refractivity contribution in [3.63, 3.8) is 0 Å². The van der Waals surface area contributed by atoms with Crippen LogP contribution in [0.15, 0.2) is 58.5 Å². The van der Waals surface area contributed by atoms with Crippen LogP contribution in [0, 0.1) is 6.92 Å². The highest BCUT2D eigenvalue weighted by molar-refractivity contribution is 7.89. The average Bonchev–Trinajstić information content (AvgIpc) is 2.52. The summed E-state index contributed by atoms with van der Waals surface area (Å²) in [7, 11) is -2.18. The molecular formula is C19H24N2O2S. The minimum Gasteiger partial charge on any atom is -0.200 e. The van der Waals surface area contributed by atoms with Crippen molar-refractivity contribution in [2.75, 3.05) is 7.05 Å². The van der Waals surface area contributed by atoms with Gasteiger partial charge in [0.15, 0.2) is 0 Å². The van der Waals surface area contributed by atoms with Gasteiger partial charge in [0.25, 0.3) is 10.0 Å². The van der Waals surface area contributed by atoms with Gasteiger partial charge in [-0.15, -0.1) is 0 Å². The minimum absolute atomic E-state index is 0.0846. The molecule has 0 aliphatic rings. The molecule has 0 aliphatic heterocycles. The standard InChI is InChI=1S/C19H24N2O2S/c1-15-6-12-18(13-7-15)24(22,23)21(5)20-14-16-8-10-17(11-9-16)19(2,3)4/h6-14H,1-5H3/b20-14+. The maximum atomic E-state index is 12.5. The molecule has 4 nitrogen and oxygen atoms in total. The molecular weight excluding hydrogens is 320 g/mol. The number of hydrogen-bond donors (Lipinski definition) is 0. The minimum atomic E-state index is -3.62. The number of hydrazone groups is 1. The normalized spacial score (nSPS) is 12.5. The topological polar surface area (TPSA) is 49.7 Å². The zero-order valence-corrected chi connectivity index (χ0v) is 15.6. The number of benzene rings is 2. The Morgan fingerprint density at radius 1 is 0.958 bits per heavy atom. The van der Waals surface area contributed by atoms with E-state index in [1.165, 1.54) is 12.6 Å². The molecule has 0 saturated carbocycles. The van der Waals surface area contributed by atoms with Crippen LogP contribution in [0.25, 0.3) is 0 Å². The summed E-state index contributed by atoms with van der Waals surface area (Å²) in [4.78, 5) is 0.232. The van der Waals surface area contributed by atoms with E-state index in [1.54, 1.807) is 30.5 Å². The van der Waals surface area contributed by atoms with Gasteiger partial charge >= 0.3 is 0 Å². The van der Waals surface area contributed by atoms with Crippen molar-refractivity contribution in [2.24, 2.45) is 5.10 Å². The number of hydrogen-bond acceptors (Lipinski definition) is 3. The van der Waals surface area contributed by atoms with Crippen molar-refractivity contribution in [1.29, 1.82) is 0 Å². The second-order valence-electron chi connectivity index (χ2n) is 6.87. The molecule has 5 heteroatoms. The highest BCUT2D eigenvalue weighted by atomic mass is 32.2. The van der Waals surface area contributed by atoms with E-state index in [9.17, 15) is 8.42 Å². The third-order valence-corrected chi connectivity index (χ3v) is 5.47. The maximum Gasteiger partial charge on any atom is 0.278 e. The van der Waals surface area contributed by atoms with Crippen LogP contribution in [0.5, 0.6) is 0 Å². The van der Waals surface area contributed by atoms with E-state index in [2.05, 4.69) is 25.9 Å². The second kappa shape index (κ2) is 6.77. The highest BCUT2D eigenvalue weighted by Gasteiger charge is 2.18. The summed E-state index contributed by atoms with van der Waals surface area (Å²) in [6.07, 6.45) is 1.55. The first-order chi connectivity index (χ1) is 11.1. The Hall–Kier alpha value is -2.14. The Balaban J connectivity index is 2.17. The van der Waals surface area contributed by atoms with E-state index in [-0.39, 0.29) is 10.3 Å². The largest absolute Gasteiger partial charge is 0.278 e. The monoisotopic (exact) mass is 344 g/mol. The number of sulfonamides is 1. The van der Waals surface area contributed by atoms with Crippen molar-refractivity contribution in [3.8, 4) is 0 Å². The molecule has 2 aromatic carbocycles. The Bertz CT molecular complexity index is 815. The lowest BCUT2D eigenvalue weighted by Crippen LogP contribution is -2.21. The zero-order valence-electron chi connectivity index (χ0n) is 14.8. The molecule has 0 heterocycles. The molecule has 0 aromatic heterocycles. The average molecular weight is 344 g/mol. The summed E-state index contributed by atoms with van der Waals surface area (Å²) in [6.45, 7) is 8.37. The van der Waals surface area contributed by atoms with Gasteiger partial charge in [-0.25, -0.2) is 0 Å². The molecule has 2 rings (SSSR count). The molecule has 0 N–H and O–H groups in total. The summed E-state index contributed by atoms with van der Waals surface area (Å²) < 4.78 is 25.9. The lowest BCUT2D eigenvalue weighted by Gasteiger charge is -2.18. The fourth-order valence-electron chi connectivity index (χ4n) is 2.14. The van der Waals surface area contributed by atoms with E-state index in [0.29, 0.717) is 0 Å². The Kier molecular flexibility index (Phi) is 5.13. The molecule has 0 atom stereocenters. The van der Waals surface area contributed by atoms with E-state index < -0.39 is 10.0 Å². The third kappa shape index (κ3) is 4.23. The van der Waals surface area contributed by atoms with Crippen LogP contribution in [0.4, 0.5) is 0 Å². The first-order valence-corrected chi connectivity index (χ1v) is 9.25. The van der Waals surface area contributed by atoms with Gasteiger partial charge in [-0.2, -0.15) is 17.9 Å². The maximum absolute atomic E-state index is 12.5. The van der Waals surface area contributed by atoms with Gasteiger partial charge in [-0.3, -0.25) is 0 Å². The summed E-state index contributed by atoms with van der Waals surface area (Å²) >= 11 is 0. The van der Waals surface area contributed by atoms with E-state index in [0.717, 1.165) is 15.5 Å². The molecule has 24 heavy (non-hydrogen) atoms. The van der Waals surface area contributed by atoms with Crippen molar-refractivity contribution >= 4 is 16.2 Å². The molecule has 0 fully saturated rings. The van der Waals surface area contributed by atoms with Crippen LogP contribution in [-0.4, -0.2) is 26.1 Å². The molecule has 0 unspecified atom stereocenters. The third-order valence-electron chi connectivity index (χ3n) is 3.81. The fraction of sp³-hybridized carbons (Fsp3) is 0.316. The van der Waals surface area contributed by atoms with E-state index >= 15 is 0 Å². The first-order valence-electron chi connectivity index (χ1n) is 7.81. The van der Waals surface area contributed by atoms with Crippen LogP contribution in [0.3, 0.4) is 0 Å². The number of aryl methyl sites for hydroxylation is 1. The van der Waals surface area contributed by atoms with Gasteiger partial charge in [0, 0.05) is 7.05 Å². The van der Waals surface area contributed by atoms with Crippen molar-refractivity contribution < 1.29 is 8.42 Å². The number of rotatable bonds is 4. The lowest BCUT2D eigenvalue weighted by molar-refractivity contribution is 0.491. The number of nitrogens with zero attached hydrogens (tertiary/aromatic N) is 2. The van der Waals surface area contributed by atoms with Crippen LogP contribution in [-0.2, 0) is 15.4 Å². The summed E-state index contributed by atoms with van der Waals surface area (Å²) in [5.74, 6) is 0. The lowest BCUT2D eigenvalue weighted by atomic mass is 9.87. The van der Waals surface area contributed by atoms with E-state index in [4.69, 9.17) is 0 Å². The molecule has 0 spiro atoms. The van der Waals surface area contributed by atoms with Crippen molar-refractivity contribution in [2.45, 2.75) is 38.0 Å². The predicted octanol–water partition coefficient (Wildman–Crippen LogP) is 3.95. The van der Waals surface area contributed by atoms with Gasteiger partial charge in [0.05, 0.1) is 11.1 Å². The predicted molar refractivity (Wildman–Crippen MR) is 98.9 cm³/mol. The summed E-state index contributed by atoms with van der Waals surface area (Å²) in [5.41, 5.74) is 3.18. The van der Waals surface area contributed by atoms with E-state index in [1.807, 2.05) is 31.2 Å². The summed E-state index contributed by atoms with van der Waals surface area (Å²) in [5, 5.41) is 4.08. The van der Waals surface area contributed by atoms with Crippen LogP contribution in [0.1, 0.15) is 37.5 Å². The molecule has 0 radical (unpaired) electrons. The molecule has 2 aromatic rings. The van der Waals surface area contributed by atoms with Gasteiger partial charge in [-0.05, 0) is 35.6 Å². The fourth-order valence-corrected chi connectivity index (χ4v) is 3.10. The smallest absolute Gasteiger partial charge is 0.200 e. The Labute approximate surface area is 144 Å².